The molecule has 0 radical (unpaired) electrons. The van der Waals surface area contributed by atoms with E-state index in [1.165, 1.54) is 5.56 Å². The van der Waals surface area contributed by atoms with Crippen LogP contribution in [0.5, 0.6) is 0 Å². The Bertz CT molecular complexity index is 504. The van der Waals surface area contributed by atoms with Crippen molar-refractivity contribution in [3.8, 4) is 0 Å². The van der Waals surface area contributed by atoms with Gasteiger partial charge in [-0.05, 0) is 35.0 Å². The molecule has 0 aliphatic rings. The van der Waals surface area contributed by atoms with Gasteiger partial charge in [-0.15, -0.1) is 0 Å². The fourth-order valence-corrected chi connectivity index (χ4v) is 9.96. The van der Waals surface area contributed by atoms with E-state index in [1.807, 2.05) is 6.07 Å². The Labute approximate surface area is 161 Å². The first-order valence-electron chi connectivity index (χ1n) is 10.2. The number of unbranched alkanes of at least 4 members (excludes halogenated alkanes) is 2. The smallest absolute Gasteiger partial charge is 0.303 e. The third-order valence-corrected chi connectivity index (χ3v) is 11.7. The van der Waals surface area contributed by atoms with Gasteiger partial charge in [0.05, 0.1) is 6.10 Å². The van der Waals surface area contributed by atoms with E-state index in [0.717, 1.165) is 25.7 Å². The van der Waals surface area contributed by atoms with E-state index in [4.69, 9.17) is 9.53 Å². The lowest BCUT2D eigenvalue weighted by Crippen LogP contribution is -2.48. The minimum Gasteiger partial charge on any atom is -0.481 e. The largest absolute Gasteiger partial charge is 0.481 e. The molecule has 26 heavy (non-hydrogen) atoms. The molecular weight excluding hydrogens is 340 g/mol. The summed E-state index contributed by atoms with van der Waals surface area (Å²) in [5.41, 5.74) is 2.92. The molecule has 0 unspecified atom stereocenters. The number of carbonyl (C=O) groups is 1. The van der Waals surface area contributed by atoms with Crippen LogP contribution in [0.1, 0.15) is 85.3 Å². The summed E-state index contributed by atoms with van der Waals surface area (Å²) in [5.74, 6) is -0.702. The third kappa shape index (κ3) is 6.24. The molecule has 1 rings (SSSR count). The van der Waals surface area contributed by atoms with E-state index >= 15 is 0 Å². The zero-order chi connectivity index (χ0) is 19.7. The Balaban J connectivity index is 2.95. The molecule has 0 saturated carbocycles. The van der Waals surface area contributed by atoms with Crippen LogP contribution in [-0.2, 0) is 9.22 Å². The molecule has 0 aliphatic carbocycles. The molecule has 3 nitrogen and oxygen atoms in total. The number of aliphatic carboxylic acids is 1. The lowest BCUT2D eigenvalue weighted by atomic mass is 10.0. The van der Waals surface area contributed by atoms with Gasteiger partial charge in [0, 0.05) is 6.42 Å². The van der Waals surface area contributed by atoms with Crippen LogP contribution in [0.4, 0.5) is 0 Å². The quantitative estimate of drug-likeness (QED) is 0.316. The molecule has 148 valence electrons. The molecule has 4 heteroatoms. The minimum atomic E-state index is -1.95. The van der Waals surface area contributed by atoms with Gasteiger partial charge in [0.25, 0.3) is 0 Å². The zero-order valence-corrected chi connectivity index (χ0v) is 18.5. The van der Waals surface area contributed by atoms with Crippen molar-refractivity contribution < 1.29 is 14.3 Å². The molecule has 0 fully saturated rings. The molecular formula is C22H38O3Si. The number of carboxylic acid groups (broad SMARTS) is 1. The predicted octanol–water partition coefficient (Wildman–Crippen LogP) is 6.95. The highest BCUT2D eigenvalue weighted by atomic mass is 28.4. The van der Waals surface area contributed by atoms with Crippen LogP contribution in [0, 0.1) is 0 Å². The minimum absolute atomic E-state index is 0.111. The number of hydrogen-bond donors (Lipinski definition) is 1. The van der Waals surface area contributed by atoms with Crippen molar-refractivity contribution in [2.45, 2.75) is 96.4 Å². The first kappa shape index (κ1) is 22.9. The first-order valence-corrected chi connectivity index (χ1v) is 12.3. The highest BCUT2D eigenvalue weighted by molar-refractivity contribution is 6.77. The van der Waals surface area contributed by atoms with E-state index in [0.29, 0.717) is 16.6 Å². The van der Waals surface area contributed by atoms with Crippen molar-refractivity contribution in [2.24, 2.45) is 0 Å². The Morgan fingerprint density at radius 1 is 0.923 bits per heavy atom. The van der Waals surface area contributed by atoms with Gasteiger partial charge >= 0.3 is 5.97 Å². The topological polar surface area (TPSA) is 46.5 Å². The summed E-state index contributed by atoms with van der Waals surface area (Å²) in [5, 5.41) is 8.82. The van der Waals surface area contributed by atoms with E-state index in [1.54, 1.807) is 0 Å². The van der Waals surface area contributed by atoms with Gasteiger partial charge < -0.3 is 9.53 Å². The van der Waals surface area contributed by atoms with Crippen molar-refractivity contribution in [1.82, 2.24) is 0 Å². The second-order valence-electron chi connectivity index (χ2n) is 8.33. The molecule has 0 bridgehead atoms. The Hall–Kier alpha value is -1.13. The highest BCUT2D eigenvalue weighted by Gasteiger charge is 2.46. The van der Waals surface area contributed by atoms with Crippen molar-refractivity contribution in [2.75, 3.05) is 0 Å². The van der Waals surface area contributed by atoms with E-state index in [2.05, 4.69) is 65.8 Å². The number of carboxylic acids is 1. The maximum Gasteiger partial charge on any atom is 0.303 e. The summed E-state index contributed by atoms with van der Waals surface area (Å²) in [6.07, 6.45) is 4.03. The summed E-state index contributed by atoms with van der Waals surface area (Å²) in [6.45, 7) is 13.9. The van der Waals surface area contributed by atoms with Gasteiger partial charge in [0.1, 0.15) is 0 Å². The van der Waals surface area contributed by atoms with Crippen molar-refractivity contribution in [1.29, 1.82) is 0 Å². The molecule has 0 aromatic heterocycles. The van der Waals surface area contributed by atoms with E-state index in [-0.39, 0.29) is 12.5 Å². The van der Waals surface area contributed by atoms with Crippen LogP contribution in [0.15, 0.2) is 30.3 Å². The van der Waals surface area contributed by atoms with Gasteiger partial charge in [-0.25, -0.2) is 0 Å². The van der Waals surface area contributed by atoms with Gasteiger partial charge in [0.15, 0.2) is 0 Å². The van der Waals surface area contributed by atoms with Crippen LogP contribution < -0.4 is 0 Å². The molecule has 0 amide bonds. The van der Waals surface area contributed by atoms with Gasteiger partial charge in [0.2, 0.25) is 8.32 Å². The number of rotatable bonds is 12. The fraction of sp³-hybridized carbons (Fsp3) is 0.682. The number of benzene rings is 1. The zero-order valence-electron chi connectivity index (χ0n) is 17.5. The predicted molar refractivity (Wildman–Crippen MR) is 112 cm³/mol. The summed E-state index contributed by atoms with van der Waals surface area (Å²) < 4.78 is 7.06. The fourth-order valence-electron chi connectivity index (χ4n) is 4.40. The maximum atomic E-state index is 10.7. The lowest BCUT2D eigenvalue weighted by Gasteiger charge is -2.45. The second-order valence-corrected chi connectivity index (χ2v) is 13.7. The molecule has 1 aromatic carbocycles. The monoisotopic (exact) mass is 378 g/mol. The van der Waals surface area contributed by atoms with Crippen molar-refractivity contribution >= 4 is 14.3 Å². The average Bonchev–Trinajstić information content (AvgIpc) is 2.56. The number of hydrogen-bond acceptors (Lipinski definition) is 2. The summed E-state index contributed by atoms with van der Waals surface area (Å²) in [6, 6.07) is 10.6. The molecule has 1 atom stereocenters. The van der Waals surface area contributed by atoms with E-state index < -0.39 is 14.3 Å². The summed E-state index contributed by atoms with van der Waals surface area (Å²) >= 11 is 0. The molecule has 0 saturated heterocycles. The molecule has 0 aliphatic heterocycles. The highest BCUT2D eigenvalue weighted by Crippen LogP contribution is 2.46. The average molecular weight is 379 g/mol. The van der Waals surface area contributed by atoms with Crippen molar-refractivity contribution in [3.05, 3.63) is 35.9 Å². The molecule has 1 aromatic rings. The van der Waals surface area contributed by atoms with Crippen LogP contribution >= 0.6 is 0 Å². The molecule has 0 spiro atoms. The Morgan fingerprint density at radius 3 is 1.92 bits per heavy atom. The lowest BCUT2D eigenvalue weighted by molar-refractivity contribution is -0.137. The first-order chi connectivity index (χ1) is 12.2. The van der Waals surface area contributed by atoms with Crippen molar-refractivity contribution in [3.63, 3.8) is 0 Å². The second kappa shape index (κ2) is 10.9. The molecule has 1 N–H and O–H groups in total. The van der Waals surface area contributed by atoms with Crippen LogP contribution in [0.25, 0.3) is 0 Å². The Kier molecular flexibility index (Phi) is 9.59. The van der Waals surface area contributed by atoms with Gasteiger partial charge in [-0.2, -0.15) is 0 Å². The standard InChI is InChI=1S/C22H38O3Si/c1-17(2)26(18(3)4,19(5)6)25-21(20-13-9-7-10-14-20)15-11-8-12-16-22(23)24/h7,9-10,13-14,17-19,21H,8,11-12,15-16H2,1-6H3,(H,23,24)/t21-/m0/s1. The van der Waals surface area contributed by atoms with Crippen LogP contribution in [-0.4, -0.2) is 19.4 Å². The van der Waals surface area contributed by atoms with E-state index in [9.17, 15) is 4.79 Å². The van der Waals surface area contributed by atoms with Crippen LogP contribution in [0.3, 0.4) is 0 Å². The summed E-state index contributed by atoms with van der Waals surface area (Å²) in [4.78, 5) is 10.7. The Morgan fingerprint density at radius 2 is 1.46 bits per heavy atom. The normalized spacial score (nSPS) is 13.6. The molecule has 0 heterocycles. The third-order valence-electron chi connectivity index (χ3n) is 5.58. The maximum absolute atomic E-state index is 10.7. The van der Waals surface area contributed by atoms with Gasteiger partial charge in [-0.3, -0.25) is 4.79 Å². The SMILES string of the molecule is CC(C)[Si](O[C@@H](CCCCCC(=O)O)c1ccccc1)(C(C)C)C(C)C. The van der Waals surface area contributed by atoms with Crippen LogP contribution in [0.2, 0.25) is 16.6 Å². The van der Waals surface area contributed by atoms with Gasteiger partial charge in [-0.1, -0.05) is 84.7 Å². The summed E-state index contributed by atoms with van der Waals surface area (Å²) in [7, 11) is -1.95.